The van der Waals surface area contributed by atoms with Gasteiger partial charge in [-0.1, -0.05) is 70.6 Å². The minimum Gasteiger partial charge on any atom is -0.393 e. The minimum absolute atomic E-state index is 0. The zero-order chi connectivity index (χ0) is 25.1. The van der Waals surface area contributed by atoms with E-state index < -0.39 is 0 Å². The average molecular weight is 677 g/mol. The summed E-state index contributed by atoms with van der Waals surface area (Å²) >= 11 is 0. The van der Waals surface area contributed by atoms with Gasteiger partial charge in [0.25, 0.3) is 0 Å². The van der Waals surface area contributed by atoms with Gasteiger partial charge in [0.1, 0.15) is 0 Å². The molecule has 3 fully saturated rings. The topological polar surface area (TPSA) is 53.4 Å². The number of aliphatic hydroxyl groups is 2. The molecule has 1 heterocycles. The third-order valence-electron chi connectivity index (χ3n) is 9.15. The van der Waals surface area contributed by atoms with Gasteiger partial charge < -0.3 is 15.2 Å². The van der Waals surface area contributed by atoms with E-state index in [1.165, 1.54) is 61.3 Å². The molecule has 3 aromatic rings. The number of hydrogen-bond donors (Lipinski definition) is 2. The molecule has 37 heavy (non-hydrogen) atoms. The largest absolute Gasteiger partial charge is 0.393 e. The van der Waals surface area contributed by atoms with Crippen LogP contribution in [0, 0.1) is 29.7 Å². The Hall–Kier alpha value is -1.58. The molecule has 6 rings (SSSR count). The van der Waals surface area contributed by atoms with Crippen LogP contribution < -0.4 is 0 Å². The molecule has 0 saturated heterocycles. The SMILES string of the molecule is CC(C)c1ccc2c(-c3[c-]cccc3)nccc2c1.OC1CCCCC2CC(C3CCCC3)C(O)C12.[Ir]. The van der Waals surface area contributed by atoms with E-state index in [0.717, 1.165) is 30.0 Å². The fraction of sp³-hybridized carbons (Fsp3) is 0.545. The average Bonchev–Trinajstić information content (AvgIpc) is 3.50. The first kappa shape index (κ1) is 28.4. The first-order valence-electron chi connectivity index (χ1n) is 14.2. The Kier molecular flexibility index (Phi) is 9.97. The van der Waals surface area contributed by atoms with Crippen LogP contribution in [-0.4, -0.2) is 27.4 Å². The predicted molar refractivity (Wildman–Crippen MR) is 148 cm³/mol. The first-order valence-corrected chi connectivity index (χ1v) is 14.2. The summed E-state index contributed by atoms with van der Waals surface area (Å²) in [5, 5.41) is 23.2. The Bertz CT molecular complexity index is 1130. The van der Waals surface area contributed by atoms with Gasteiger partial charge in [-0.05, 0) is 71.0 Å². The molecule has 3 saturated carbocycles. The summed E-state index contributed by atoms with van der Waals surface area (Å²) in [6.07, 6.45) is 12.5. The van der Waals surface area contributed by atoms with Gasteiger partial charge in [0.05, 0.1) is 12.2 Å². The van der Waals surface area contributed by atoms with Gasteiger partial charge in [0, 0.05) is 32.2 Å². The van der Waals surface area contributed by atoms with Gasteiger partial charge in [-0.15, -0.1) is 35.9 Å². The van der Waals surface area contributed by atoms with Crippen molar-refractivity contribution in [3.8, 4) is 11.3 Å². The molecule has 2 aromatic carbocycles. The molecule has 3 nitrogen and oxygen atoms in total. The van der Waals surface area contributed by atoms with Crippen LogP contribution in [0.5, 0.6) is 0 Å². The van der Waals surface area contributed by atoms with Gasteiger partial charge in [0.2, 0.25) is 0 Å². The van der Waals surface area contributed by atoms with E-state index in [4.69, 9.17) is 0 Å². The van der Waals surface area contributed by atoms with Crippen molar-refractivity contribution in [1.82, 2.24) is 4.98 Å². The number of aliphatic hydroxyl groups excluding tert-OH is 2. The summed E-state index contributed by atoms with van der Waals surface area (Å²) in [4.78, 5) is 4.52. The van der Waals surface area contributed by atoms with Crippen LogP contribution in [0.1, 0.15) is 83.1 Å². The molecule has 1 aromatic heterocycles. The van der Waals surface area contributed by atoms with Gasteiger partial charge in [-0.3, -0.25) is 0 Å². The Labute approximate surface area is 236 Å². The van der Waals surface area contributed by atoms with Crippen molar-refractivity contribution in [1.29, 1.82) is 0 Å². The molecule has 1 radical (unpaired) electrons. The Balaban J connectivity index is 0.000000169. The molecule has 3 aliphatic rings. The number of fused-ring (bicyclic) bond motifs is 2. The number of nitrogens with zero attached hydrogens (tertiary/aromatic N) is 1. The Morgan fingerprint density at radius 2 is 1.62 bits per heavy atom. The molecule has 0 bridgehead atoms. The molecule has 2 N–H and O–H groups in total. The Morgan fingerprint density at radius 3 is 2.32 bits per heavy atom. The van der Waals surface area contributed by atoms with Gasteiger partial charge in [-0.25, -0.2) is 0 Å². The molecule has 201 valence electrons. The van der Waals surface area contributed by atoms with Gasteiger partial charge in [-0.2, -0.15) is 0 Å². The van der Waals surface area contributed by atoms with Crippen LogP contribution in [0.3, 0.4) is 0 Å². The number of pyridine rings is 1. The third-order valence-corrected chi connectivity index (χ3v) is 9.15. The molecule has 3 aliphatic carbocycles. The van der Waals surface area contributed by atoms with Crippen LogP contribution >= 0.6 is 0 Å². The van der Waals surface area contributed by atoms with Crippen LogP contribution in [0.4, 0.5) is 0 Å². The van der Waals surface area contributed by atoms with Crippen LogP contribution in [-0.2, 0) is 20.1 Å². The van der Waals surface area contributed by atoms with E-state index in [1.54, 1.807) is 0 Å². The molecular weight excluding hydrogens is 635 g/mol. The quantitative estimate of drug-likeness (QED) is 0.282. The van der Waals surface area contributed by atoms with E-state index in [-0.39, 0.29) is 38.2 Å². The van der Waals surface area contributed by atoms with Crippen molar-refractivity contribution in [3.05, 3.63) is 66.4 Å². The van der Waals surface area contributed by atoms with Crippen molar-refractivity contribution in [2.75, 3.05) is 0 Å². The molecule has 0 spiro atoms. The molecule has 0 aliphatic heterocycles. The Morgan fingerprint density at radius 1 is 0.892 bits per heavy atom. The summed E-state index contributed by atoms with van der Waals surface area (Å²) in [5.41, 5.74) is 3.42. The van der Waals surface area contributed by atoms with Crippen molar-refractivity contribution in [2.45, 2.75) is 89.8 Å². The number of aromatic nitrogens is 1. The monoisotopic (exact) mass is 677 g/mol. The van der Waals surface area contributed by atoms with E-state index in [0.29, 0.717) is 17.8 Å². The van der Waals surface area contributed by atoms with Crippen molar-refractivity contribution >= 4 is 10.8 Å². The fourth-order valence-corrected chi connectivity index (χ4v) is 7.18. The van der Waals surface area contributed by atoms with Crippen LogP contribution in [0.2, 0.25) is 0 Å². The fourth-order valence-electron chi connectivity index (χ4n) is 7.18. The second kappa shape index (κ2) is 13.0. The summed E-state index contributed by atoms with van der Waals surface area (Å²) in [6.45, 7) is 4.43. The number of rotatable bonds is 3. The van der Waals surface area contributed by atoms with E-state index in [9.17, 15) is 10.2 Å². The first-order chi connectivity index (χ1) is 17.5. The zero-order valence-electron chi connectivity index (χ0n) is 22.3. The van der Waals surface area contributed by atoms with Gasteiger partial charge >= 0.3 is 0 Å². The van der Waals surface area contributed by atoms with E-state index in [2.05, 4.69) is 55.2 Å². The van der Waals surface area contributed by atoms with Gasteiger partial charge in [0.15, 0.2) is 0 Å². The molecule has 4 heteroatoms. The summed E-state index contributed by atoms with van der Waals surface area (Å²) in [7, 11) is 0. The third kappa shape index (κ3) is 6.36. The standard InChI is InChI=1S/C18H16N.C15H26O2.Ir/c1-13(2)15-8-9-17-16(12-15)10-11-19-18(17)14-6-4-3-5-7-14;16-13-8-4-3-7-11-9-12(15(17)14(11)13)10-5-1-2-6-10;/h3-6,8-13H,1-2H3;10-17H,1-9H2;/q-1;;. The van der Waals surface area contributed by atoms with E-state index in [1.807, 2.05) is 24.4 Å². The van der Waals surface area contributed by atoms with Crippen molar-refractivity contribution in [2.24, 2.45) is 23.7 Å². The van der Waals surface area contributed by atoms with Crippen molar-refractivity contribution in [3.63, 3.8) is 0 Å². The number of hydrogen-bond acceptors (Lipinski definition) is 3. The molecule has 5 atom stereocenters. The predicted octanol–water partition coefficient (Wildman–Crippen LogP) is 7.55. The maximum Gasteiger partial charge on any atom is 0.0626 e. The summed E-state index contributed by atoms with van der Waals surface area (Å²) in [6, 6.07) is 19.9. The molecule has 5 unspecified atom stereocenters. The normalized spacial score (nSPS) is 27.8. The maximum absolute atomic E-state index is 10.6. The van der Waals surface area contributed by atoms with Crippen molar-refractivity contribution < 1.29 is 30.3 Å². The van der Waals surface area contributed by atoms with Crippen LogP contribution in [0.15, 0.2) is 54.7 Å². The molecular formula is C33H42IrNO2-. The second-order valence-corrected chi connectivity index (χ2v) is 11.7. The zero-order valence-corrected chi connectivity index (χ0v) is 24.7. The summed E-state index contributed by atoms with van der Waals surface area (Å²) < 4.78 is 0. The summed E-state index contributed by atoms with van der Waals surface area (Å²) in [5.74, 6) is 2.60. The maximum atomic E-state index is 10.6. The minimum atomic E-state index is -0.232. The number of benzene rings is 2. The smallest absolute Gasteiger partial charge is 0.0626 e. The molecule has 0 amide bonds. The second-order valence-electron chi connectivity index (χ2n) is 11.7. The van der Waals surface area contributed by atoms with Crippen LogP contribution in [0.25, 0.3) is 22.0 Å². The van der Waals surface area contributed by atoms with E-state index >= 15 is 0 Å².